The molecule has 3 aromatic carbocycles. The van der Waals surface area contributed by atoms with E-state index in [1.807, 2.05) is 154 Å². The molecule has 3 aliphatic heterocycles. The summed E-state index contributed by atoms with van der Waals surface area (Å²) < 4.78 is 1.43. The minimum Gasteiger partial charge on any atom is -0.391 e. The number of thiazole rings is 2. The first-order valence-electron chi connectivity index (χ1n) is 32.1. The van der Waals surface area contributed by atoms with E-state index in [0.717, 1.165) is 49.0 Å². The van der Waals surface area contributed by atoms with E-state index in [-0.39, 0.29) is 103 Å². The van der Waals surface area contributed by atoms with Crippen molar-refractivity contribution in [1.82, 2.24) is 55.9 Å². The minimum absolute atomic E-state index is 0.0539. The summed E-state index contributed by atoms with van der Waals surface area (Å²) >= 11 is 3.18. The number of imide groups is 1. The molecule has 0 spiro atoms. The molecule has 3 aliphatic rings. The lowest BCUT2D eigenvalue weighted by Gasteiger charge is -2.36. The number of aromatic nitrogens is 4. The number of β-amino-alcohol motifs (C(OH)–C–C–N with tert-alkyl or cyclic N) is 2. The van der Waals surface area contributed by atoms with Gasteiger partial charge in [-0.15, -0.1) is 22.7 Å². The van der Waals surface area contributed by atoms with Crippen LogP contribution in [-0.4, -0.2) is 136 Å². The Morgan fingerprint density at radius 3 is 1.56 bits per heavy atom. The lowest BCUT2D eigenvalue weighted by atomic mass is 9.85. The third-order valence-electron chi connectivity index (χ3n) is 17.1. The van der Waals surface area contributed by atoms with Crippen LogP contribution in [0.4, 0.5) is 0 Å². The van der Waals surface area contributed by atoms with Gasteiger partial charge in [0.25, 0.3) is 5.56 Å². The highest BCUT2D eigenvalue weighted by molar-refractivity contribution is 7.13. The molecule has 0 saturated carbocycles. The summed E-state index contributed by atoms with van der Waals surface area (Å²) in [6.07, 6.45) is -0.727. The Morgan fingerprint density at radius 2 is 1.13 bits per heavy atom. The molecule has 3 saturated heterocycles. The molecule has 0 bridgehead atoms. The van der Waals surface area contributed by atoms with E-state index in [1.54, 1.807) is 57.3 Å². The fourth-order valence-electron chi connectivity index (χ4n) is 11.6. The number of carbonyl (C=O) groups is 8. The number of carbonyl (C=O) groups excluding carboxylic acids is 8. The molecule has 8 amide bonds. The number of aliphatic hydroxyl groups is 2. The second-order valence-corrected chi connectivity index (χ2v) is 29.4. The van der Waals surface area contributed by atoms with Crippen molar-refractivity contribution in [3.05, 3.63) is 122 Å². The number of nitrogens with one attached hydrogen (secondary N) is 5. The van der Waals surface area contributed by atoms with E-state index in [0.29, 0.717) is 29.7 Å². The Kier molecular flexibility index (Phi) is 24.2. The maximum Gasteiger partial charge on any atom is 0.262 e. The van der Waals surface area contributed by atoms with Crippen LogP contribution >= 0.6 is 22.7 Å². The Labute approximate surface area is 558 Å². The predicted molar refractivity (Wildman–Crippen MR) is 364 cm³/mol. The van der Waals surface area contributed by atoms with Crippen LogP contribution in [0.1, 0.15) is 168 Å². The van der Waals surface area contributed by atoms with Gasteiger partial charge in [-0.2, -0.15) is 0 Å². The summed E-state index contributed by atoms with van der Waals surface area (Å²) in [5.74, 6) is -2.44. The van der Waals surface area contributed by atoms with Gasteiger partial charge < -0.3 is 41.3 Å². The highest BCUT2D eigenvalue weighted by Crippen LogP contribution is 2.33. The second-order valence-electron chi connectivity index (χ2n) is 27.7. The number of nitrogens with zero attached hydrogens (tertiary/aromatic N) is 6. The molecule has 94 heavy (non-hydrogen) atoms. The molecule has 8 atom stereocenters. The number of piperidine rings is 1. The molecule has 0 radical (unpaired) electrons. The molecular formula is C70H93N11O11S2. The molecular weight excluding hydrogens is 1230 g/mol. The van der Waals surface area contributed by atoms with Crippen LogP contribution < -0.4 is 32.1 Å². The maximum atomic E-state index is 13.6. The van der Waals surface area contributed by atoms with E-state index >= 15 is 0 Å². The van der Waals surface area contributed by atoms with Gasteiger partial charge in [0.1, 0.15) is 36.0 Å². The fourth-order valence-corrected chi connectivity index (χ4v) is 13.2. The summed E-state index contributed by atoms with van der Waals surface area (Å²) in [4.78, 5) is 133. The summed E-state index contributed by atoms with van der Waals surface area (Å²) in [5, 5.41) is 35.1. The molecule has 0 aliphatic carbocycles. The topological polar surface area (TPSA) is 304 Å². The van der Waals surface area contributed by atoms with Crippen LogP contribution in [0.25, 0.3) is 31.8 Å². The Morgan fingerprint density at radius 1 is 0.649 bits per heavy atom. The lowest BCUT2D eigenvalue weighted by molar-refractivity contribution is -0.144. The monoisotopic (exact) mass is 1330 g/mol. The van der Waals surface area contributed by atoms with Gasteiger partial charge in [-0.25, -0.2) is 15.0 Å². The van der Waals surface area contributed by atoms with Gasteiger partial charge in [-0.05, 0) is 84.7 Å². The third-order valence-corrected chi connectivity index (χ3v) is 19.0. The zero-order valence-corrected chi connectivity index (χ0v) is 58.5. The molecule has 22 nitrogen and oxygen atoms in total. The molecule has 6 aromatic rings. The van der Waals surface area contributed by atoms with Crippen LogP contribution in [0, 0.1) is 43.4 Å². The summed E-state index contributed by atoms with van der Waals surface area (Å²) in [7, 11) is 0. The number of hydrogen-bond donors (Lipinski definition) is 7. The van der Waals surface area contributed by atoms with Crippen molar-refractivity contribution in [2.24, 2.45) is 22.7 Å². The number of aliphatic hydroxyl groups excluding tert-OH is 2. The van der Waals surface area contributed by atoms with Gasteiger partial charge in [-0.1, -0.05) is 144 Å². The summed E-state index contributed by atoms with van der Waals surface area (Å²) in [5.41, 5.74) is 9.83. The standard InChI is InChI=1S/C27H38N4O4S.C26H36N4O4S.C17H19N3O3/c1-15(2)24(33)30-23(27(5,6)7)26(35)31-13-20(32)12-21(31)25(34)29-16(3)18-8-10-19(11-9-18)22-17(4)28-14-36-22;1-15(2)23(32)29-22(26(4,5)6)25(34)30-13-19(31)11-20(30)24(33)27-12-17-7-9-18(10-8-17)21-16(3)28-14-35-21;1-9(2)11-5-4-6-12-15(11)17(23)20(10(3)18-12)13-7-8-14(21)19-16(13)22/h8-11,14-16,20-21,23,32H,12-13H2,1-7H3,(H,29,34)(H,30,33);7-10,14-15,19-20,22,31H,11-13H2,1-6H3,(H,27,33)(H,29,32);4-6,9,13H,7-8H2,1-3H3,(H,19,21,22)/t16-,20+,21-,23+;19-,20+,22-;/m01./s1. The predicted octanol–water partition coefficient (Wildman–Crippen LogP) is 8.13. The second kappa shape index (κ2) is 31.0. The number of hydrogen-bond acceptors (Lipinski definition) is 16. The Balaban J connectivity index is 0.000000204. The number of amides is 8. The number of fused-ring (bicyclic) bond motifs is 1. The van der Waals surface area contributed by atoms with E-state index in [9.17, 15) is 53.4 Å². The van der Waals surface area contributed by atoms with Gasteiger partial charge in [0, 0.05) is 50.7 Å². The molecule has 24 heteroatoms. The van der Waals surface area contributed by atoms with Crippen molar-refractivity contribution in [3.8, 4) is 20.9 Å². The fraction of sp³-hybridized carbons (Fsp3) is 0.514. The zero-order chi connectivity index (χ0) is 69.4. The van der Waals surface area contributed by atoms with E-state index in [2.05, 4.69) is 41.5 Å². The van der Waals surface area contributed by atoms with Crippen LogP contribution in [0.15, 0.2) is 82.5 Å². The minimum atomic E-state index is -0.812. The molecule has 6 heterocycles. The molecule has 3 aromatic heterocycles. The van der Waals surface area contributed by atoms with Crippen molar-refractivity contribution in [3.63, 3.8) is 0 Å². The molecule has 7 N–H and O–H groups in total. The largest absolute Gasteiger partial charge is 0.391 e. The first-order valence-corrected chi connectivity index (χ1v) is 33.8. The third kappa shape index (κ3) is 17.8. The quantitative estimate of drug-likeness (QED) is 0.0450. The van der Waals surface area contributed by atoms with Gasteiger partial charge in [0.2, 0.25) is 47.3 Å². The molecule has 506 valence electrons. The van der Waals surface area contributed by atoms with E-state index < -0.39 is 59.2 Å². The van der Waals surface area contributed by atoms with E-state index in [4.69, 9.17) is 0 Å². The van der Waals surface area contributed by atoms with Gasteiger partial charge in [0.15, 0.2) is 0 Å². The number of benzene rings is 3. The highest BCUT2D eigenvalue weighted by Gasteiger charge is 2.46. The van der Waals surface area contributed by atoms with E-state index in [1.165, 1.54) is 14.4 Å². The summed E-state index contributed by atoms with van der Waals surface area (Å²) in [6, 6.07) is 17.3. The first kappa shape index (κ1) is 73.4. The SMILES string of the molecule is Cc1nc2cccc(C(C)C)c2c(=O)n1C1CCC(=O)NC1=O.Cc1ncsc1-c1ccc(CNC(=O)[C@@H]2C[C@@H](O)CN2C(=O)[C@@H](NC(=O)C(C)C)C(C)(C)C)cc1.Cc1ncsc1-c1ccc([C@H](C)NC(=O)[C@@H]2C[C@@H](O)CN2C(=O)[C@@H](NC(=O)C(C)C)C(C)(C)C)cc1. The van der Waals surface area contributed by atoms with Crippen molar-refractivity contribution in [1.29, 1.82) is 0 Å². The normalized spacial score (nSPS) is 19.2. The van der Waals surface area contributed by atoms with Crippen LogP contribution in [0.3, 0.4) is 0 Å². The molecule has 9 rings (SSSR count). The lowest BCUT2D eigenvalue weighted by Crippen LogP contribution is -2.58. The molecule has 1 unspecified atom stereocenters. The smallest absolute Gasteiger partial charge is 0.262 e. The van der Waals surface area contributed by atoms with Crippen LogP contribution in [-0.2, 0) is 44.9 Å². The maximum absolute atomic E-state index is 13.6. The molecule has 3 fully saturated rings. The summed E-state index contributed by atoms with van der Waals surface area (Å²) in [6.45, 7) is 30.3. The van der Waals surface area contributed by atoms with Crippen molar-refractivity contribution >= 4 is 80.8 Å². The van der Waals surface area contributed by atoms with Crippen molar-refractivity contribution < 1.29 is 48.6 Å². The van der Waals surface area contributed by atoms with Gasteiger partial charge >= 0.3 is 0 Å². The van der Waals surface area contributed by atoms with Crippen LogP contribution in [0.5, 0.6) is 0 Å². The Hall–Kier alpha value is -8.06. The number of rotatable bonds is 16. The van der Waals surface area contributed by atoms with Gasteiger partial charge in [-0.3, -0.25) is 53.0 Å². The average Bonchev–Trinajstić information content (AvgIpc) is 0.826. The van der Waals surface area contributed by atoms with Crippen molar-refractivity contribution in [2.45, 2.75) is 197 Å². The highest BCUT2D eigenvalue weighted by atomic mass is 32.1. The van der Waals surface area contributed by atoms with Crippen LogP contribution in [0.2, 0.25) is 0 Å². The number of likely N-dealkylation sites (tertiary alicyclic amines) is 2. The average molecular weight is 1330 g/mol. The zero-order valence-electron chi connectivity index (χ0n) is 56.9. The van der Waals surface area contributed by atoms with Crippen molar-refractivity contribution in [2.75, 3.05) is 13.1 Å². The Bertz CT molecular complexity index is 3790. The van der Waals surface area contributed by atoms with Gasteiger partial charge in [0.05, 0.1) is 61.3 Å². The first-order chi connectivity index (χ1) is 44.1. The number of aryl methyl sites for hydroxylation is 3.